The Hall–Kier alpha value is -1.69. The van der Waals surface area contributed by atoms with Crippen LogP contribution in [0.2, 0.25) is 0 Å². The van der Waals surface area contributed by atoms with Crippen molar-refractivity contribution in [2.45, 2.75) is 20.8 Å². The van der Waals surface area contributed by atoms with Crippen molar-refractivity contribution in [1.29, 1.82) is 0 Å². The Bertz CT molecular complexity index is 551. The third-order valence-corrected chi connectivity index (χ3v) is 3.88. The van der Waals surface area contributed by atoms with Crippen molar-refractivity contribution < 1.29 is 4.79 Å². The molecule has 0 aromatic carbocycles. The quantitative estimate of drug-likeness (QED) is 0.887. The second-order valence-electron chi connectivity index (χ2n) is 3.95. The number of hydrogen-bond donors (Lipinski definition) is 1. The van der Waals surface area contributed by atoms with Crippen LogP contribution in [0.15, 0.2) is 6.07 Å². The summed E-state index contributed by atoms with van der Waals surface area (Å²) in [6, 6.07) is 1.89. The molecule has 17 heavy (non-hydrogen) atoms. The third-order valence-electron chi connectivity index (χ3n) is 2.73. The van der Waals surface area contributed by atoms with E-state index in [1.54, 1.807) is 11.7 Å². The van der Waals surface area contributed by atoms with Gasteiger partial charge in [0.25, 0.3) is 5.91 Å². The van der Waals surface area contributed by atoms with Crippen LogP contribution in [0.25, 0.3) is 0 Å². The molecule has 0 bridgehead atoms. The van der Waals surface area contributed by atoms with Gasteiger partial charge in [0.05, 0.1) is 10.6 Å². The van der Waals surface area contributed by atoms with Crippen LogP contribution in [0.5, 0.6) is 0 Å². The first kappa shape index (κ1) is 11.8. The number of aryl methyl sites for hydroxylation is 3. The summed E-state index contributed by atoms with van der Waals surface area (Å²) in [6.45, 7) is 5.86. The molecule has 0 spiro atoms. The maximum absolute atomic E-state index is 12.0. The lowest BCUT2D eigenvalue weighted by atomic mass is 10.3. The Morgan fingerprint density at radius 1 is 1.41 bits per heavy atom. The Kier molecular flexibility index (Phi) is 2.97. The first-order chi connectivity index (χ1) is 7.99. The van der Waals surface area contributed by atoms with Crippen molar-refractivity contribution in [3.8, 4) is 0 Å². The van der Waals surface area contributed by atoms with Gasteiger partial charge in [0.2, 0.25) is 0 Å². The maximum atomic E-state index is 12.0. The van der Waals surface area contributed by atoms with Crippen LogP contribution >= 0.6 is 11.3 Å². The predicted molar refractivity (Wildman–Crippen MR) is 67.5 cm³/mol. The van der Waals surface area contributed by atoms with Crippen LogP contribution in [0.1, 0.15) is 25.8 Å². The molecule has 2 heterocycles. The molecule has 5 nitrogen and oxygen atoms in total. The lowest BCUT2D eigenvalue weighted by Crippen LogP contribution is -2.11. The number of rotatable bonds is 2. The fourth-order valence-corrected chi connectivity index (χ4v) is 2.30. The molecule has 0 fully saturated rings. The standard InChI is InChI=1S/C11H14N4OS/c1-6-5-9(17-8(6)3)11(16)12-10-7(2)15(4)14-13-10/h5H,1-4H3,(H,12,16). The Morgan fingerprint density at radius 2 is 2.12 bits per heavy atom. The number of amides is 1. The molecule has 2 aromatic rings. The van der Waals surface area contributed by atoms with Gasteiger partial charge in [-0.05, 0) is 32.4 Å². The number of thiophene rings is 1. The minimum atomic E-state index is -0.130. The minimum Gasteiger partial charge on any atom is -0.303 e. The number of hydrogen-bond acceptors (Lipinski definition) is 4. The molecule has 0 saturated carbocycles. The average molecular weight is 250 g/mol. The van der Waals surface area contributed by atoms with Crippen LogP contribution in [-0.4, -0.2) is 20.9 Å². The largest absolute Gasteiger partial charge is 0.303 e. The summed E-state index contributed by atoms with van der Waals surface area (Å²) in [5.74, 6) is 0.385. The molecule has 0 aliphatic heterocycles. The van der Waals surface area contributed by atoms with E-state index in [0.29, 0.717) is 10.7 Å². The number of nitrogens with one attached hydrogen (secondary N) is 1. The van der Waals surface area contributed by atoms with E-state index in [2.05, 4.69) is 15.6 Å². The van der Waals surface area contributed by atoms with E-state index >= 15 is 0 Å². The summed E-state index contributed by atoms with van der Waals surface area (Å²) in [4.78, 5) is 13.8. The third kappa shape index (κ3) is 2.21. The normalized spacial score (nSPS) is 10.6. The van der Waals surface area contributed by atoms with Gasteiger partial charge in [-0.2, -0.15) is 0 Å². The van der Waals surface area contributed by atoms with Crippen LogP contribution < -0.4 is 5.32 Å². The summed E-state index contributed by atoms with van der Waals surface area (Å²) in [5, 5.41) is 10.5. The van der Waals surface area contributed by atoms with E-state index in [4.69, 9.17) is 0 Å². The van der Waals surface area contributed by atoms with E-state index in [1.165, 1.54) is 11.3 Å². The van der Waals surface area contributed by atoms with Crippen LogP contribution in [0.4, 0.5) is 5.82 Å². The van der Waals surface area contributed by atoms with E-state index in [9.17, 15) is 4.79 Å². The zero-order valence-electron chi connectivity index (χ0n) is 10.2. The molecule has 0 atom stereocenters. The van der Waals surface area contributed by atoms with Crippen LogP contribution in [-0.2, 0) is 7.05 Å². The highest BCUT2D eigenvalue weighted by Gasteiger charge is 2.14. The fraction of sp³-hybridized carbons (Fsp3) is 0.364. The van der Waals surface area contributed by atoms with Crippen molar-refractivity contribution in [1.82, 2.24) is 15.0 Å². The van der Waals surface area contributed by atoms with Gasteiger partial charge >= 0.3 is 0 Å². The Morgan fingerprint density at radius 3 is 2.59 bits per heavy atom. The summed E-state index contributed by atoms with van der Waals surface area (Å²) in [6.07, 6.45) is 0. The molecule has 2 rings (SSSR count). The van der Waals surface area contributed by atoms with E-state index in [1.807, 2.05) is 26.8 Å². The molecule has 0 radical (unpaired) electrons. The number of carbonyl (C=O) groups excluding carboxylic acids is 1. The lowest BCUT2D eigenvalue weighted by Gasteiger charge is -2.00. The van der Waals surface area contributed by atoms with Crippen molar-refractivity contribution >= 4 is 23.1 Å². The van der Waals surface area contributed by atoms with Crippen molar-refractivity contribution in [3.05, 3.63) is 27.1 Å². The minimum absolute atomic E-state index is 0.130. The second-order valence-corrected chi connectivity index (χ2v) is 5.21. The van der Waals surface area contributed by atoms with E-state index in [-0.39, 0.29) is 5.91 Å². The summed E-state index contributed by atoms with van der Waals surface area (Å²) in [7, 11) is 1.79. The molecule has 1 amide bonds. The molecular weight excluding hydrogens is 236 g/mol. The molecule has 1 N–H and O–H groups in total. The summed E-state index contributed by atoms with van der Waals surface area (Å²) >= 11 is 1.49. The van der Waals surface area contributed by atoms with Crippen LogP contribution in [0, 0.1) is 20.8 Å². The topological polar surface area (TPSA) is 59.8 Å². The molecule has 0 aliphatic rings. The Balaban J connectivity index is 2.20. The number of nitrogens with zero attached hydrogens (tertiary/aromatic N) is 3. The SMILES string of the molecule is Cc1cc(C(=O)Nc2nnn(C)c2C)sc1C. The van der Waals surface area contributed by atoms with Gasteiger partial charge in [0.1, 0.15) is 0 Å². The van der Waals surface area contributed by atoms with E-state index in [0.717, 1.165) is 16.1 Å². The van der Waals surface area contributed by atoms with Gasteiger partial charge in [0, 0.05) is 11.9 Å². The number of carbonyl (C=O) groups is 1. The summed E-state index contributed by atoms with van der Waals surface area (Å²) in [5.41, 5.74) is 1.97. The van der Waals surface area contributed by atoms with Gasteiger partial charge in [-0.15, -0.1) is 16.4 Å². The monoisotopic (exact) mass is 250 g/mol. The van der Waals surface area contributed by atoms with Crippen molar-refractivity contribution in [2.24, 2.45) is 7.05 Å². The highest BCUT2D eigenvalue weighted by molar-refractivity contribution is 7.14. The summed E-state index contributed by atoms with van der Waals surface area (Å²) < 4.78 is 1.63. The highest BCUT2D eigenvalue weighted by atomic mass is 32.1. The molecule has 0 saturated heterocycles. The van der Waals surface area contributed by atoms with Crippen molar-refractivity contribution in [3.63, 3.8) is 0 Å². The van der Waals surface area contributed by atoms with Gasteiger partial charge in [-0.25, -0.2) is 0 Å². The van der Waals surface area contributed by atoms with E-state index < -0.39 is 0 Å². The van der Waals surface area contributed by atoms with Gasteiger partial charge in [-0.1, -0.05) is 5.21 Å². The molecule has 90 valence electrons. The smallest absolute Gasteiger partial charge is 0.266 e. The first-order valence-corrected chi connectivity index (χ1v) is 6.05. The average Bonchev–Trinajstić information content (AvgIpc) is 2.77. The molecule has 0 aliphatic carbocycles. The van der Waals surface area contributed by atoms with Gasteiger partial charge < -0.3 is 5.32 Å². The van der Waals surface area contributed by atoms with Crippen molar-refractivity contribution in [2.75, 3.05) is 5.32 Å². The lowest BCUT2D eigenvalue weighted by molar-refractivity contribution is 0.103. The molecule has 2 aromatic heterocycles. The van der Waals surface area contributed by atoms with Crippen LogP contribution in [0.3, 0.4) is 0 Å². The predicted octanol–water partition coefficient (Wildman–Crippen LogP) is 2.05. The first-order valence-electron chi connectivity index (χ1n) is 5.23. The molecule has 0 unspecified atom stereocenters. The van der Waals surface area contributed by atoms with Gasteiger partial charge in [0.15, 0.2) is 5.82 Å². The molecule has 6 heteroatoms. The Labute approximate surface area is 103 Å². The number of anilines is 1. The zero-order valence-corrected chi connectivity index (χ0v) is 11.1. The fourth-order valence-electron chi connectivity index (χ4n) is 1.37. The second kappa shape index (κ2) is 4.29. The highest BCUT2D eigenvalue weighted by Crippen LogP contribution is 2.21. The van der Waals surface area contributed by atoms with Gasteiger partial charge in [-0.3, -0.25) is 9.48 Å². The number of aromatic nitrogens is 3. The maximum Gasteiger partial charge on any atom is 0.266 e. The zero-order chi connectivity index (χ0) is 12.6. The molecular formula is C11H14N4OS.